The average molecular weight is 208 g/mol. The first-order valence-electron chi connectivity index (χ1n) is 4.55. The van der Waals surface area contributed by atoms with Crippen molar-refractivity contribution in [2.45, 2.75) is 6.16 Å². The van der Waals surface area contributed by atoms with Gasteiger partial charge in [0.25, 0.3) is 0 Å². The summed E-state index contributed by atoms with van der Waals surface area (Å²) in [5.41, 5.74) is 1.41. The lowest BCUT2D eigenvalue weighted by Crippen LogP contribution is -1.90. The van der Waals surface area contributed by atoms with Crippen molar-refractivity contribution in [2.75, 3.05) is 12.3 Å². The molecule has 68 valence electrons. The van der Waals surface area contributed by atoms with Gasteiger partial charge >= 0.3 is 0 Å². The highest BCUT2D eigenvalue weighted by Crippen LogP contribution is 2.52. The molecule has 0 bridgehead atoms. The van der Waals surface area contributed by atoms with Gasteiger partial charge in [-0.05, 0) is 23.9 Å². The Labute approximate surface area is 84.7 Å². The molecule has 1 aliphatic rings. The fourth-order valence-electron chi connectivity index (χ4n) is 1.65. The Morgan fingerprint density at radius 1 is 1.08 bits per heavy atom. The second kappa shape index (κ2) is 3.77. The Morgan fingerprint density at radius 3 is 2.31 bits per heavy atom. The Hall–Kier alpha value is -0.390. The normalized spacial score (nSPS) is 19.1. The van der Waals surface area contributed by atoms with Gasteiger partial charge in [0.2, 0.25) is 0 Å². The molecule has 1 aliphatic heterocycles. The first-order valence-corrected chi connectivity index (χ1v) is 7.90. The van der Waals surface area contributed by atoms with Gasteiger partial charge in [-0.2, -0.15) is 0 Å². The molecule has 0 saturated carbocycles. The molecule has 0 N–H and O–H groups in total. The predicted octanol–water partition coefficient (Wildman–Crippen LogP) is 3.24. The molecule has 0 amide bonds. The Balaban J connectivity index is 2.11. The van der Waals surface area contributed by atoms with E-state index < -0.39 is 6.04 Å². The fraction of sp³-hybridized carbons (Fsp3) is 0.273. The summed E-state index contributed by atoms with van der Waals surface area (Å²) in [6.07, 6.45) is 7.97. The zero-order chi connectivity index (χ0) is 9.15. The molecule has 0 saturated heterocycles. The van der Waals surface area contributed by atoms with Crippen LogP contribution in [0.5, 0.6) is 0 Å². The van der Waals surface area contributed by atoms with E-state index in [9.17, 15) is 0 Å². The molecule has 0 fully saturated rings. The van der Waals surface area contributed by atoms with E-state index in [1.807, 2.05) is 0 Å². The highest BCUT2D eigenvalue weighted by atomic mass is 32.4. The Morgan fingerprint density at radius 2 is 1.69 bits per heavy atom. The van der Waals surface area contributed by atoms with Gasteiger partial charge in [-0.15, -0.1) is 0 Å². The molecule has 2 rings (SSSR count). The van der Waals surface area contributed by atoms with Crippen molar-refractivity contribution in [3.63, 3.8) is 0 Å². The van der Waals surface area contributed by atoms with Crippen molar-refractivity contribution < 1.29 is 0 Å². The van der Waals surface area contributed by atoms with Gasteiger partial charge in [-0.25, -0.2) is 0 Å². The second-order valence-electron chi connectivity index (χ2n) is 3.54. The topological polar surface area (TPSA) is 0 Å². The van der Waals surface area contributed by atoms with E-state index in [0.29, 0.717) is 0 Å². The molecular weight excluding hydrogens is 195 g/mol. The number of benzene rings is 1. The third-order valence-corrected chi connectivity index (χ3v) is 6.33. The zero-order valence-electron chi connectivity index (χ0n) is 7.52. The monoisotopic (exact) mass is 208 g/mol. The molecule has 0 spiro atoms. The van der Waals surface area contributed by atoms with Crippen molar-refractivity contribution in [3.05, 3.63) is 48.0 Å². The third kappa shape index (κ3) is 2.30. The predicted molar refractivity (Wildman–Crippen MR) is 63.3 cm³/mol. The third-order valence-electron chi connectivity index (χ3n) is 2.36. The molecule has 0 aliphatic carbocycles. The van der Waals surface area contributed by atoms with Gasteiger partial charge in [0.15, 0.2) is 0 Å². The van der Waals surface area contributed by atoms with Gasteiger partial charge in [-0.1, -0.05) is 54.3 Å². The first-order chi connectivity index (χ1) is 6.29. The van der Waals surface area contributed by atoms with Gasteiger partial charge in [0.05, 0.1) is 0 Å². The second-order valence-corrected chi connectivity index (χ2v) is 9.02. The molecule has 0 unspecified atom stereocenters. The molecule has 1 heterocycles. The van der Waals surface area contributed by atoms with Gasteiger partial charge in [-0.3, -0.25) is 0 Å². The highest BCUT2D eigenvalue weighted by molar-refractivity contribution is 8.14. The summed E-state index contributed by atoms with van der Waals surface area (Å²) in [5.74, 6) is 0. The Bertz CT molecular complexity index is 342. The minimum atomic E-state index is -1.07. The van der Waals surface area contributed by atoms with E-state index in [-0.39, 0.29) is 0 Å². The molecular formula is C11H13PS. The van der Waals surface area contributed by atoms with Crippen molar-refractivity contribution in [2.24, 2.45) is 0 Å². The van der Waals surface area contributed by atoms with Crippen LogP contribution in [-0.4, -0.2) is 12.3 Å². The van der Waals surface area contributed by atoms with Crippen LogP contribution >= 0.6 is 6.04 Å². The SMILES string of the molecule is S=P1(Cc2ccccc2)CC=CC1. The maximum absolute atomic E-state index is 5.70. The molecule has 1 aromatic carbocycles. The lowest BCUT2D eigenvalue weighted by atomic mass is 10.2. The van der Waals surface area contributed by atoms with Crippen molar-refractivity contribution in [1.82, 2.24) is 0 Å². The van der Waals surface area contributed by atoms with E-state index in [4.69, 9.17) is 11.8 Å². The molecule has 2 heteroatoms. The number of allylic oxidation sites excluding steroid dienone is 2. The van der Waals surface area contributed by atoms with E-state index in [2.05, 4.69) is 42.5 Å². The van der Waals surface area contributed by atoms with E-state index in [0.717, 1.165) is 18.5 Å². The van der Waals surface area contributed by atoms with Crippen LogP contribution in [0.3, 0.4) is 0 Å². The van der Waals surface area contributed by atoms with Crippen molar-refractivity contribution in [1.29, 1.82) is 0 Å². The smallest absolute Gasteiger partial charge is 0.00232 e. The minimum absolute atomic E-state index is 1.07. The molecule has 0 atom stereocenters. The van der Waals surface area contributed by atoms with Crippen LogP contribution in [0.4, 0.5) is 0 Å². The van der Waals surface area contributed by atoms with Crippen molar-refractivity contribution >= 4 is 17.8 Å². The van der Waals surface area contributed by atoms with E-state index in [1.54, 1.807) is 0 Å². The number of rotatable bonds is 2. The van der Waals surface area contributed by atoms with Crippen LogP contribution in [-0.2, 0) is 18.0 Å². The first kappa shape index (κ1) is 9.18. The average Bonchev–Trinajstić information content (AvgIpc) is 2.54. The molecule has 0 nitrogen and oxygen atoms in total. The lowest BCUT2D eigenvalue weighted by molar-refractivity contribution is 1.38. The summed E-state index contributed by atoms with van der Waals surface area (Å²) in [5, 5.41) is 0. The van der Waals surface area contributed by atoms with Gasteiger partial charge < -0.3 is 0 Å². The maximum atomic E-state index is 5.70. The molecule has 0 radical (unpaired) electrons. The molecule has 1 aromatic rings. The van der Waals surface area contributed by atoms with Crippen LogP contribution in [0.25, 0.3) is 0 Å². The summed E-state index contributed by atoms with van der Waals surface area (Å²) in [6, 6.07) is 9.56. The van der Waals surface area contributed by atoms with Crippen LogP contribution < -0.4 is 0 Å². The number of hydrogen-bond acceptors (Lipinski definition) is 1. The lowest BCUT2D eigenvalue weighted by Gasteiger charge is -2.14. The fourth-order valence-corrected chi connectivity index (χ4v) is 4.97. The summed E-state index contributed by atoms with van der Waals surface area (Å²) in [4.78, 5) is 0. The maximum Gasteiger partial charge on any atom is 0.00232 e. The summed E-state index contributed by atoms with van der Waals surface area (Å²) < 4.78 is 0. The summed E-state index contributed by atoms with van der Waals surface area (Å²) in [6.45, 7) is 0. The van der Waals surface area contributed by atoms with Crippen LogP contribution in [0.15, 0.2) is 42.5 Å². The summed E-state index contributed by atoms with van der Waals surface area (Å²) in [7, 11) is 0. The van der Waals surface area contributed by atoms with E-state index >= 15 is 0 Å². The van der Waals surface area contributed by atoms with Gasteiger partial charge in [0, 0.05) is 6.16 Å². The van der Waals surface area contributed by atoms with Gasteiger partial charge in [0.1, 0.15) is 0 Å². The zero-order valence-corrected chi connectivity index (χ0v) is 9.23. The van der Waals surface area contributed by atoms with Crippen LogP contribution in [0.1, 0.15) is 5.56 Å². The summed E-state index contributed by atoms with van der Waals surface area (Å²) >= 11 is 5.70. The molecule has 13 heavy (non-hydrogen) atoms. The van der Waals surface area contributed by atoms with Crippen LogP contribution in [0, 0.1) is 0 Å². The molecule has 0 aromatic heterocycles. The standard InChI is InChI=1S/C11H13PS/c13-12(8-4-5-9-12)10-11-6-2-1-3-7-11/h1-7H,8-10H2. The minimum Gasteiger partial charge on any atom is -0.0965 e. The number of hydrogen-bond donors (Lipinski definition) is 0. The van der Waals surface area contributed by atoms with Crippen LogP contribution in [0.2, 0.25) is 0 Å². The Kier molecular flexibility index (Phi) is 2.66. The largest absolute Gasteiger partial charge is 0.0965 e. The quantitative estimate of drug-likeness (QED) is 0.531. The van der Waals surface area contributed by atoms with Crippen molar-refractivity contribution in [3.8, 4) is 0 Å². The highest BCUT2D eigenvalue weighted by Gasteiger charge is 2.17. The van der Waals surface area contributed by atoms with E-state index in [1.165, 1.54) is 5.56 Å².